The summed E-state index contributed by atoms with van der Waals surface area (Å²) in [7, 11) is 0. The molecule has 1 saturated carbocycles. The van der Waals surface area contributed by atoms with Crippen molar-refractivity contribution >= 4 is 17.8 Å². The Hall–Kier alpha value is -2.38. The Morgan fingerprint density at radius 3 is 2.69 bits per heavy atom. The third kappa shape index (κ3) is 4.62. The number of nitrogens with zero attached hydrogens (tertiary/aromatic N) is 3. The Morgan fingerprint density at radius 2 is 2.07 bits per heavy atom. The number of urea groups is 1. The minimum atomic E-state index is -0.822. The van der Waals surface area contributed by atoms with Gasteiger partial charge in [-0.25, -0.2) is 4.79 Å². The summed E-state index contributed by atoms with van der Waals surface area (Å²) < 4.78 is 1.80. The van der Waals surface area contributed by atoms with Crippen molar-refractivity contribution in [3.05, 3.63) is 18.5 Å². The normalized spacial score (nSPS) is 24.8. The van der Waals surface area contributed by atoms with Crippen LogP contribution in [-0.4, -0.2) is 51.2 Å². The highest BCUT2D eigenvalue weighted by Crippen LogP contribution is 2.45. The SMILES string of the molecule is CCC(C)(C)C1CCC2(CC1)NC(=O)N(CC(=O)NCCCn1cccn1)C2=O. The summed E-state index contributed by atoms with van der Waals surface area (Å²) in [6.45, 7) is 7.69. The van der Waals surface area contributed by atoms with Gasteiger partial charge in [-0.3, -0.25) is 19.2 Å². The fourth-order valence-corrected chi connectivity index (χ4v) is 4.44. The average molecular weight is 404 g/mol. The minimum Gasteiger partial charge on any atom is -0.354 e. The summed E-state index contributed by atoms with van der Waals surface area (Å²) >= 11 is 0. The van der Waals surface area contributed by atoms with Crippen LogP contribution in [0.4, 0.5) is 4.79 Å². The van der Waals surface area contributed by atoms with Crippen LogP contribution in [0.2, 0.25) is 0 Å². The zero-order valence-corrected chi connectivity index (χ0v) is 17.7. The first-order valence-corrected chi connectivity index (χ1v) is 10.7. The van der Waals surface area contributed by atoms with Gasteiger partial charge < -0.3 is 10.6 Å². The molecule has 29 heavy (non-hydrogen) atoms. The Balaban J connectivity index is 1.48. The van der Waals surface area contributed by atoms with Crippen LogP contribution in [0.1, 0.15) is 59.3 Å². The Bertz CT molecular complexity index is 736. The Labute approximate surface area is 172 Å². The molecule has 2 heterocycles. The van der Waals surface area contributed by atoms with Crippen molar-refractivity contribution in [3.63, 3.8) is 0 Å². The molecule has 1 aromatic rings. The van der Waals surface area contributed by atoms with E-state index in [2.05, 4.69) is 36.5 Å². The highest BCUT2D eigenvalue weighted by Gasteiger charge is 2.53. The van der Waals surface area contributed by atoms with Crippen LogP contribution in [-0.2, 0) is 16.1 Å². The van der Waals surface area contributed by atoms with E-state index in [1.165, 1.54) is 0 Å². The van der Waals surface area contributed by atoms with Crippen molar-refractivity contribution in [1.29, 1.82) is 0 Å². The molecule has 0 aromatic carbocycles. The molecule has 1 saturated heterocycles. The van der Waals surface area contributed by atoms with Gasteiger partial charge in [0.15, 0.2) is 0 Å². The molecule has 2 aliphatic rings. The molecule has 8 nitrogen and oxygen atoms in total. The van der Waals surface area contributed by atoms with E-state index in [0.717, 1.165) is 30.6 Å². The quantitative estimate of drug-likeness (QED) is 0.514. The standard InChI is InChI=1S/C21H33N5O3/c1-4-20(2,3)16-7-9-21(10-8-16)18(28)26(19(29)24-21)15-17(27)22-11-5-13-25-14-6-12-23-25/h6,12,14,16H,4-5,7-11,13,15H2,1-3H3,(H,22,27)(H,24,29). The second-order valence-corrected chi connectivity index (χ2v) is 8.99. The molecule has 1 aliphatic carbocycles. The number of amides is 4. The van der Waals surface area contributed by atoms with Crippen molar-refractivity contribution in [2.24, 2.45) is 11.3 Å². The van der Waals surface area contributed by atoms with E-state index in [1.54, 1.807) is 10.9 Å². The van der Waals surface area contributed by atoms with Gasteiger partial charge in [-0.15, -0.1) is 0 Å². The van der Waals surface area contributed by atoms with Crippen LogP contribution in [0.5, 0.6) is 0 Å². The largest absolute Gasteiger partial charge is 0.354 e. The van der Waals surface area contributed by atoms with E-state index < -0.39 is 11.6 Å². The maximum Gasteiger partial charge on any atom is 0.325 e. The van der Waals surface area contributed by atoms with Crippen LogP contribution in [0, 0.1) is 11.3 Å². The zero-order chi connectivity index (χ0) is 21.1. The van der Waals surface area contributed by atoms with Crippen molar-refractivity contribution < 1.29 is 14.4 Å². The summed E-state index contributed by atoms with van der Waals surface area (Å²) in [6.07, 6.45) is 8.53. The average Bonchev–Trinajstić information content (AvgIpc) is 3.29. The molecule has 0 radical (unpaired) electrons. The van der Waals surface area contributed by atoms with Gasteiger partial charge in [0.25, 0.3) is 5.91 Å². The van der Waals surface area contributed by atoms with Gasteiger partial charge in [-0.05, 0) is 49.5 Å². The molecular weight excluding hydrogens is 370 g/mol. The minimum absolute atomic E-state index is 0.224. The van der Waals surface area contributed by atoms with Gasteiger partial charge >= 0.3 is 6.03 Å². The first kappa shape index (κ1) is 21.3. The first-order chi connectivity index (χ1) is 13.8. The summed E-state index contributed by atoms with van der Waals surface area (Å²) in [6, 6.07) is 1.40. The topological polar surface area (TPSA) is 96.3 Å². The lowest BCUT2D eigenvalue weighted by Crippen LogP contribution is -2.51. The van der Waals surface area contributed by atoms with Gasteiger partial charge in [-0.2, -0.15) is 5.10 Å². The van der Waals surface area contributed by atoms with Crippen molar-refractivity contribution in [2.75, 3.05) is 13.1 Å². The molecule has 1 spiro atoms. The number of hydrogen-bond acceptors (Lipinski definition) is 4. The predicted molar refractivity (Wildman–Crippen MR) is 109 cm³/mol. The molecule has 1 aliphatic heterocycles. The molecule has 3 rings (SSSR count). The number of hydrogen-bond donors (Lipinski definition) is 2. The van der Waals surface area contributed by atoms with Gasteiger partial charge in [-0.1, -0.05) is 27.2 Å². The van der Waals surface area contributed by atoms with Gasteiger partial charge in [0, 0.05) is 25.5 Å². The third-order valence-corrected chi connectivity index (χ3v) is 6.85. The van der Waals surface area contributed by atoms with E-state index >= 15 is 0 Å². The van der Waals surface area contributed by atoms with Crippen LogP contribution < -0.4 is 10.6 Å². The molecule has 0 atom stereocenters. The molecule has 0 bridgehead atoms. The fourth-order valence-electron chi connectivity index (χ4n) is 4.44. The lowest BCUT2D eigenvalue weighted by molar-refractivity contribution is -0.136. The smallest absolute Gasteiger partial charge is 0.325 e. The number of aromatic nitrogens is 2. The number of aryl methyl sites for hydroxylation is 1. The lowest BCUT2D eigenvalue weighted by atomic mass is 9.65. The number of rotatable bonds is 8. The molecule has 2 fully saturated rings. The zero-order valence-electron chi connectivity index (χ0n) is 17.7. The van der Waals surface area contributed by atoms with Crippen LogP contribution in [0.3, 0.4) is 0 Å². The Kier molecular flexibility index (Phi) is 6.29. The molecule has 160 valence electrons. The summed E-state index contributed by atoms with van der Waals surface area (Å²) in [5, 5.41) is 9.79. The summed E-state index contributed by atoms with van der Waals surface area (Å²) in [5.74, 6) is -0.0104. The molecule has 1 aromatic heterocycles. The molecule has 0 unspecified atom stereocenters. The number of imide groups is 1. The van der Waals surface area contributed by atoms with E-state index in [0.29, 0.717) is 31.8 Å². The first-order valence-electron chi connectivity index (χ1n) is 10.7. The monoisotopic (exact) mass is 403 g/mol. The lowest BCUT2D eigenvalue weighted by Gasteiger charge is -2.42. The summed E-state index contributed by atoms with van der Waals surface area (Å²) in [5.41, 5.74) is -0.583. The predicted octanol–water partition coefficient (Wildman–Crippen LogP) is 2.31. The van der Waals surface area contributed by atoms with Crippen molar-refractivity contribution in [2.45, 2.75) is 71.4 Å². The maximum atomic E-state index is 13.0. The van der Waals surface area contributed by atoms with Crippen LogP contribution in [0.25, 0.3) is 0 Å². The highest BCUT2D eigenvalue weighted by atomic mass is 16.2. The van der Waals surface area contributed by atoms with Gasteiger partial charge in [0.2, 0.25) is 5.91 Å². The second kappa shape index (κ2) is 8.55. The number of carbonyl (C=O) groups excluding carboxylic acids is 3. The van der Waals surface area contributed by atoms with E-state index in [4.69, 9.17) is 0 Å². The molecular formula is C21H33N5O3. The maximum absolute atomic E-state index is 13.0. The molecule has 2 N–H and O–H groups in total. The van der Waals surface area contributed by atoms with E-state index in [-0.39, 0.29) is 23.8 Å². The number of carbonyl (C=O) groups is 3. The Morgan fingerprint density at radius 1 is 1.34 bits per heavy atom. The number of nitrogens with one attached hydrogen (secondary N) is 2. The highest BCUT2D eigenvalue weighted by molar-refractivity contribution is 6.09. The van der Waals surface area contributed by atoms with E-state index in [9.17, 15) is 14.4 Å². The van der Waals surface area contributed by atoms with E-state index in [1.807, 2.05) is 12.3 Å². The second-order valence-electron chi connectivity index (χ2n) is 8.99. The summed E-state index contributed by atoms with van der Waals surface area (Å²) in [4.78, 5) is 38.7. The van der Waals surface area contributed by atoms with Crippen LogP contribution >= 0.6 is 0 Å². The molecule has 8 heteroatoms. The van der Waals surface area contributed by atoms with Crippen molar-refractivity contribution in [3.8, 4) is 0 Å². The third-order valence-electron chi connectivity index (χ3n) is 6.85. The van der Waals surface area contributed by atoms with Gasteiger partial charge in [0.1, 0.15) is 12.1 Å². The van der Waals surface area contributed by atoms with Gasteiger partial charge in [0.05, 0.1) is 0 Å². The fraction of sp³-hybridized carbons (Fsp3) is 0.714. The van der Waals surface area contributed by atoms with Crippen LogP contribution in [0.15, 0.2) is 18.5 Å². The molecule has 4 amide bonds. The van der Waals surface area contributed by atoms with Crippen molar-refractivity contribution in [1.82, 2.24) is 25.3 Å².